The number of nitrogens with one attached hydrogen (secondary N) is 1. The van der Waals surface area contributed by atoms with Crippen molar-refractivity contribution >= 4 is 17.9 Å². The molecule has 0 radical (unpaired) electrons. The maximum absolute atomic E-state index is 11.4. The Hall–Kier alpha value is -2.48. The molecule has 1 N–H and O–H groups in total. The average molecular weight is 282 g/mol. The van der Waals surface area contributed by atoms with Crippen molar-refractivity contribution in [1.82, 2.24) is 5.32 Å². The van der Waals surface area contributed by atoms with Crippen LogP contribution in [-0.4, -0.2) is 44.0 Å². The van der Waals surface area contributed by atoms with Gasteiger partial charge in [-0.2, -0.15) is 0 Å². The van der Waals surface area contributed by atoms with E-state index in [9.17, 15) is 19.7 Å². The van der Waals surface area contributed by atoms with E-state index in [1.807, 2.05) is 0 Å². The number of amides is 1. The molecule has 0 fully saturated rings. The van der Waals surface area contributed by atoms with E-state index in [1.165, 1.54) is 19.2 Å². The summed E-state index contributed by atoms with van der Waals surface area (Å²) in [5, 5.41) is 13.1. The van der Waals surface area contributed by atoms with E-state index in [4.69, 9.17) is 9.47 Å². The van der Waals surface area contributed by atoms with Crippen LogP contribution < -0.4 is 10.1 Å². The van der Waals surface area contributed by atoms with Gasteiger partial charge in [-0.25, -0.2) is 0 Å². The standard InChI is InChI=1S/C12H14N2O6/c1-19-5-4-13-12(16)8-20-11-3-2-10(14(17)18)6-9(11)7-15/h2-3,6-7H,4-5,8H2,1H3,(H,13,16). The lowest BCUT2D eigenvalue weighted by atomic mass is 10.2. The van der Waals surface area contributed by atoms with Crippen LogP contribution in [0.15, 0.2) is 18.2 Å². The molecule has 20 heavy (non-hydrogen) atoms. The number of hydrogen-bond donors (Lipinski definition) is 1. The highest BCUT2D eigenvalue weighted by molar-refractivity contribution is 5.81. The zero-order valence-electron chi connectivity index (χ0n) is 10.8. The van der Waals surface area contributed by atoms with Gasteiger partial charge < -0.3 is 14.8 Å². The molecule has 1 aromatic carbocycles. The number of nitro benzene ring substituents is 1. The maximum Gasteiger partial charge on any atom is 0.270 e. The third-order valence-corrected chi connectivity index (χ3v) is 2.32. The quantitative estimate of drug-likeness (QED) is 0.323. The summed E-state index contributed by atoms with van der Waals surface area (Å²) in [6.07, 6.45) is 0.436. The average Bonchev–Trinajstić information content (AvgIpc) is 2.45. The summed E-state index contributed by atoms with van der Waals surface area (Å²) in [7, 11) is 1.51. The summed E-state index contributed by atoms with van der Waals surface area (Å²) >= 11 is 0. The largest absolute Gasteiger partial charge is 0.483 e. The lowest BCUT2D eigenvalue weighted by Crippen LogP contribution is -2.31. The zero-order valence-corrected chi connectivity index (χ0v) is 10.8. The van der Waals surface area contributed by atoms with E-state index >= 15 is 0 Å². The van der Waals surface area contributed by atoms with E-state index in [0.29, 0.717) is 19.4 Å². The molecule has 108 valence electrons. The lowest BCUT2D eigenvalue weighted by Gasteiger charge is -2.08. The van der Waals surface area contributed by atoms with Gasteiger partial charge in [0.05, 0.1) is 17.1 Å². The van der Waals surface area contributed by atoms with E-state index in [2.05, 4.69) is 5.32 Å². The molecule has 0 saturated carbocycles. The van der Waals surface area contributed by atoms with E-state index < -0.39 is 4.92 Å². The Morgan fingerprint density at radius 2 is 2.25 bits per heavy atom. The number of nitro groups is 1. The van der Waals surface area contributed by atoms with Crippen molar-refractivity contribution < 1.29 is 24.0 Å². The number of non-ortho nitro benzene ring substituents is 1. The van der Waals surface area contributed by atoms with Gasteiger partial charge in [-0.1, -0.05) is 0 Å². The Bertz CT molecular complexity index is 503. The van der Waals surface area contributed by atoms with Crippen LogP contribution in [0.25, 0.3) is 0 Å². The number of benzene rings is 1. The second kappa shape index (κ2) is 7.85. The van der Waals surface area contributed by atoms with Gasteiger partial charge in [0, 0.05) is 25.8 Å². The van der Waals surface area contributed by atoms with Crippen LogP contribution in [0.3, 0.4) is 0 Å². The number of carbonyl (C=O) groups excluding carboxylic acids is 2. The van der Waals surface area contributed by atoms with Crippen LogP contribution in [0.1, 0.15) is 10.4 Å². The zero-order chi connectivity index (χ0) is 15.0. The fourth-order valence-corrected chi connectivity index (χ4v) is 1.36. The van der Waals surface area contributed by atoms with Crippen LogP contribution >= 0.6 is 0 Å². The molecule has 0 spiro atoms. The summed E-state index contributed by atoms with van der Waals surface area (Å²) in [6.45, 7) is 0.435. The van der Waals surface area contributed by atoms with Gasteiger partial charge in [0.25, 0.3) is 11.6 Å². The van der Waals surface area contributed by atoms with Crippen molar-refractivity contribution in [3.8, 4) is 5.75 Å². The van der Waals surface area contributed by atoms with Crippen molar-refractivity contribution in [2.45, 2.75) is 0 Å². The van der Waals surface area contributed by atoms with Crippen molar-refractivity contribution in [3.05, 3.63) is 33.9 Å². The van der Waals surface area contributed by atoms with Gasteiger partial charge in [-0.05, 0) is 6.07 Å². The molecule has 0 atom stereocenters. The second-order valence-electron chi connectivity index (χ2n) is 3.73. The van der Waals surface area contributed by atoms with Gasteiger partial charge in [-0.15, -0.1) is 0 Å². The molecule has 0 aromatic heterocycles. The number of nitrogens with zero attached hydrogens (tertiary/aromatic N) is 1. The summed E-state index contributed by atoms with van der Waals surface area (Å²) < 4.78 is 9.91. The highest BCUT2D eigenvalue weighted by Gasteiger charge is 2.12. The Labute approximate surface area is 114 Å². The molecule has 0 aliphatic carbocycles. The highest BCUT2D eigenvalue weighted by Crippen LogP contribution is 2.22. The third-order valence-electron chi connectivity index (χ3n) is 2.32. The minimum atomic E-state index is -0.617. The molecule has 1 rings (SSSR count). The fourth-order valence-electron chi connectivity index (χ4n) is 1.36. The lowest BCUT2D eigenvalue weighted by molar-refractivity contribution is -0.384. The summed E-state index contributed by atoms with van der Waals surface area (Å²) in [4.78, 5) is 32.2. The van der Waals surface area contributed by atoms with Gasteiger partial charge in [-0.3, -0.25) is 19.7 Å². The van der Waals surface area contributed by atoms with Gasteiger partial charge >= 0.3 is 0 Å². The molecule has 0 heterocycles. The molecule has 1 aromatic rings. The molecule has 8 heteroatoms. The summed E-state index contributed by atoms with van der Waals surface area (Å²) in [6, 6.07) is 3.57. The van der Waals surface area contributed by atoms with E-state index in [1.54, 1.807) is 0 Å². The predicted molar refractivity (Wildman–Crippen MR) is 68.9 cm³/mol. The monoisotopic (exact) mass is 282 g/mol. The Morgan fingerprint density at radius 3 is 2.85 bits per heavy atom. The number of carbonyl (C=O) groups is 2. The van der Waals surface area contributed by atoms with Gasteiger partial charge in [0.15, 0.2) is 12.9 Å². The molecule has 0 bridgehead atoms. The molecular formula is C12H14N2O6. The first kappa shape index (κ1) is 15.6. The molecule has 0 aliphatic rings. The van der Waals surface area contributed by atoms with Crippen LogP contribution in [0.5, 0.6) is 5.75 Å². The van der Waals surface area contributed by atoms with Gasteiger partial charge in [0.1, 0.15) is 5.75 Å². The first-order chi connectivity index (χ1) is 9.58. The van der Waals surface area contributed by atoms with Crippen molar-refractivity contribution in [2.24, 2.45) is 0 Å². The van der Waals surface area contributed by atoms with E-state index in [0.717, 1.165) is 6.07 Å². The second-order valence-corrected chi connectivity index (χ2v) is 3.73. The minimum absolute atomic E-state index is 0.0175. The Kier molecular flexibility index (Phi) is 6.11. The van der Waals surface area contributed by atoms with Crippen LogP contribution in [-0.2, 0) is 9.53 Å². The normalized spacial score (nSPS) is 9.85. The van der Waals surface area contributed by atoms with Crippen LogP contribution in [0, 0.1) is 10.1 Å². The molecule has 8 nitrogen and oxygen atoms in total. The molecule has 0 saturated heterocycles. The SMILES string of the molecule is COCCNC(=O)COc1ccc([N+](=O)[O-])cc1C=O. The summed E-state index contributed by atoms with van der Waals surface area (Å²) in [5.74, 6) is -0.259. The maximum atomic E-state index is 11.4. The van der Waals surface area contributed by atoms with Crippen LogP contribution in [0.4, 0.5) is 5.69 Å². The van der Waals surface area contributed by atoms with Gasteiger partial charge in [0.2, 0.25) is 0 Å². The number of hydrogen-bond acceptors (Lipinski definition) is 6. The minimum Gasteiger partial charge on any atom is -0.483 e. The third kappa shape index (κ3) is 4.65. The number of methoxy groups -OCH3 is 1. The molecule has 0 aliphatic heterocycles. The fraction of sp³-hybridized carbons (Fsp3) is 0.333. The van der Waals surface area contributed by atoms with Crippen molar-refractivity contribution in [2.75, 3.05) is 26.9 Å². The first-order valence-electron chi connectivity index (χ1n) is 5.70. The van der Waals surface area contributed by atoms with Crippen molar-refractivity contribution in [3.63, 3.8) is 0 Å². The molecule has 1 amide bonds. The van der Waals surface area contributed by atoms with E-state index in [-0.39, 0.29) is 29.5 Å². The van der Waals surface area contributed by atoms with Crippen molar-refractivity contribution in [1.29, 1.82) is 0 Å². The first-order valence-corrected chi connectivity index (χ1v) is 5.70. The highest BCUT2D eigenvalue weighted by atomic mass is 16.6. The number of ether oxygens (including phenoxy) is 2. The Balaban J connectivity index is 2.61. The number of aldehydes is 1. The summed E-state index contributed by atoms with van der Waals surface area (Å²) in [5.41, 5.74) is -0.201. The molecule has 0 unspecified atom stereocenters. The molecular weight excluding hydrogens is 268 g/mol. The number of rotatable bonds is 8. The topological polar surface area (TPSA) is 108 Å². The van der Waals surface area contributed by atoms with Crippen LogP contribution in [0.2, 0.25) is 0 Å². The smallest absolute Gasteiger partial charge is 0.270 e. The predicted octanol–water partition coefficient (Wildman–Crippen LogP) is 0.549. The Morgan fingerprint density at radius 1 is 1.50 bits per heavy atom.